The van der Waals surface area contributed by atoms with Gasteiger partial charge in [-0.25, -0.2) is 0 Å². The number of halogens is 1. The van der Waals surface area contributed by atoms with E-state index in [9.17, 15) is 0 Å². The van der Waals surface area contributed by atoms with Gasteiger partial charge in [0.25, 0.3) is 0 Å². The van der Waals surface area contributed by atoms with Crippen LogP contribution in [0.25, 0.3) is 0 Å². The molecule has 0 saturated heterocycles. The molecule has 2 heteroatoms. The van der Waals surface area contributed by atoms with Crippen molar-refractivity contribution in [3.05, 3.63) is 34.3 Å². The SMILES string of the molecule is Brc1ccc(C=NC2CC2)cc1. The molecule has 1 aliphatic rings. The lowest BCUT2D eigenvalue weighted by Gasteiger charge is -1.92. The van der Waals surface area contributed by atoms with Crippen LogP contribution in [0.2, 0.25) is 0 Å². The van der Waals surface area contributed by atoms with E-state index in [0.29, 0.717) is 6.04 Å². The Morgan fingerprint density at radius 1 is 1.25 bits per heavy atom. The van der Waals surface area contributed by atoms with Crippen molar-refractivity contribution in [2.24, 2.45) is 4.99 Å². The van der Waals surface area contributed by atoms with Gasteiger partial charge in [-0.2, -0.15) is 0 Å². The minimum Gasteiger partial charge on any atom is -0.289 e. The summed E-state index contributed by atoms with van der Waals surface area (Å²) in [6.45, 7) is 0. The molecule has 1 saturated carbocycles. The normalized spacial score (nSPS) is 17.1. The second kappa shape index (κ2) is 3.40. The van der Waals surface area contributed by atoms with E-state index >= 15 is 0 Å². The lowest BCUT2D eigenvalue weighted by atomic mass is 10.2. The number of benzene rings is 1. The maximum absolute atomic E-state index is 4.40. The molecule has 0 heterocycles. The molecule has 2 rings (SSSR count). The number of aliphatic imine (C=N–C) groups is 1. The zero-order valence-electron chi connectivity index (χ0n) is 6.70. The summed E-state index contributed by atoms with van der Waals surface area (Å²) in [5, 5.41) is 0. The van der Waals surface area contributed by atoms with Gasteiger partial charge in [0.2, 0.25) is 0 Å². The number of nitrogens with zero attached hydrogens (tertiary/aromatic N) is 1. The Labute approximate surface area is 80.6 Å². The molecule has 0 spiro atoms. The first-order valence-corrected chi connectivity index (χ1v) is 4.92. The molecule has 1 aromatic carbocycles. The zero-order chi connectivity index (χ0) is 8.39. The van der Waals surface area contributed by atoms with Gasteiger partial charge in [-0.3, -0.25) is 4.99 Å². The molecule has 62 valence electrons. The molecular formula is C10H10BrN. The highest BCUT2D eigenvalue weighted by Gasteiger charge is 2.18. The first-order valence-electron chi connectivity index (χ1n) is 4.13. The first kappa shape index (κ1) is 7.99. The van der Waals surface area contributed by atoms with Gasteiger partial charge in [-0.05, 0) is 30.5 Å². The topological polar surface area (TPSA) is 12.4 Å². The average molecular weight is 224 g/mol. The molecule has 0 aromatic heterocycles. The van der Waals surface area contributed by atoms with Crippen molar-refractivity contribution in [2.45, 2.75) is 18.9 Å². The van der Waals surface area contributed by atoms with Gasteiger partial charge >= 0.3 is 0 Å². The van der Waals surface area contributed by atoms with E-state index in [4.69, 9.17) is 0 Å². The van der Waals surface area contributed by atoms with Crippen LogP contribution in [0.4, 0.5) is 0 Å². The zero-order valence-corrected chi connectivity index (χ0v) is 8.29. The Hall–Kier alpha value is -0.630. The summed E-state index contributed by atoms with van der Waals surface area (Å²) in [5.74, 6) is 0. The van der Waals surface area contributed by atoms with Crippen molar-refractivity contribution in [1.82, 2.24) is 0 Å². The maximum atomic E-state index is 4.40. The van der Waals surface area contributed by atoms with Gasteiger partial charge in [0, 0.05) is 10.7 Å². The smallest absolute Gasteiger partial charge is 0.0501 e. The maximum Gasteiger partial charge on any atom is 0.0501 e. The van der Waals surface area contributed by atoms with Crippen LogP contribution in [0.15, 0.2) is 33.7 Å². The second-order valence-corrected chi connectivity index (χ2v) is 3.98. The molecule has 0 amide bonds. The van der Waals surface area contributed by atoms with Crippen molar-refractivity contribution >= 4 is 22.1 Å². The van der Waals surface area contributed by atoms with Crippen LogP contribution in [0, 0.1) is 0 Å². The molecule has 0 aliphatic heterocycles. The summed E-state index contributed by atoms with van der Waals surface area (Å²) in [7, 11) is 0. The Morgan fingerprint density at radius 2 is 1.92 bits per heavy atom. The number of rotatable bonds is 2. The van der Waals surface area contributed by atoms with E-state index < -0.39 is 0 Å². The number of hydrogen-bond acceptors (Lipinski definition) is 1. The molecule has 0 atom stereocenters. The Balaban J connectivity index is 2.07. The molecule has 0 N–H and O–H groups in total. The summed E-state index contributed by atoms with van der Waals surface area (Å²) >= 11 is 3.39. The minimum absolute atomic E-state index is 0.619. The van der Waals surface area contributed by atoms with E-state index in [1.165, 1.54) is 18.4 Å². The lowest BCUT2D eigenvalue weighted by Crippen LogP contribution is -1.82. The fourth-order valence-electron chi connectivity index (χ4n) is 0.964. The van der Waals surface area contributed by atoms with E-state index in [1.807, 2.05) is 18.3 Å². The number of hydrogen-bond donors (Lipinski definition) is 0. The molecule has 0 radical (unpaired) electrons. The van der Waals surface area contributed by atoms with Crippen LogP contribution in [0.5, 0.6) is 0 Å². The van der Waals surface area contributed by atoms with Crippen molar-refractivity contribution in [1.29, 1.82) is 0 Å². The Bertz CT molecular complexity index is 285. The Kier molecular flexibility index (Phi) is 2.26. The van der Waals surface area contributed by atoms with Crippen molar-refractivity contribution in [3.63, 3.8) is 0 Å². The summed E-state index contributed by atoms with van der Waals surface area (Å²) < 4.78 is 1.12. The lowest BCUT2D eigenvalue weighted by molar-refractivity contribution is 1.08. The van der Waals surface area contributed by atoms with E-state index in [1.54, 1.807) is 0 Å². The fourth-order valence-corrected chi connectivity index (χ4v) is 1.23. The summed E-state index contributed by atoms with van der Waals surface area (Å²) in [4.78, 5) is 4.40. The highest BCUT2D eigenvalue weighted by molar-refractivity contribution is 9.10. The highest BCUT2D eigenvalue weighted by atomic mass is 79.9. The minimum atomic E-state index is 0.619. The molecule has 12 heavy (non-hydrogen) atoms. The highest BCUT2D eigenvalue weighted by Crippen LogP contribution is 2.23. The monoisotopic (exact) mass is 223 g/mol. The quantitative estimate of drug-likeness (QED) is 0.684. The molecule has 1 fully saturated rings. The third-order valence-corrected chi connectivity index (χ3v) is 2.38. The average Bonchev–Trinajstić information content (AvgIpc) is 2.87. The van der Waals surface area contributed by atoms with E-state index in [0.717, 1.165) is 4.47 Å². The predicted octanol–water partition coefficient (Wildman–Crippen LogP) is 3.03. The van der Waals surface area contributed by atoms with Gasteiger partial charge < -0.3 is 0 Å². The van der Waals surface area contributed by atoms with Gasteiger partial charge in [-0.15, -0.1) is 0 Å². The molecular weight excluding hydrogens is 214 g/mol. The van der Waals surface area contributed by atoms with Crippen LogP contribution in [-0.4, -0.2) is 12.3 Å². The molecule has 0 unspecified atom stereocenters. The summed E-state index contributed by atoms with van der Waals surface area (Å²) in [6, 6.07) is 8.82. The van der Waals surface area contributed by atoms with Gasteiger partial charge in [0.05, 0.1) is 6.04 Å². The summed E-state index contributed by atoms with van der Waals surface area (Å²) in [6.07, 6.45) is 4.50. The van der Waals surface area contributed by atoms with Gasteiger partial charge in [-0.1, -0.05) is 28.1 Å². The molecule has 1 aromatic rings. The van der Waals surface area contributed by atoms with Crippen molar-refractivity contribution in [2.75, 3.05) is 0 Å². The molecule has 0 bridgehead atoms. The molecule has 1 nitrogen and oxygen atoms in total. The van der Waals surface area contributed by atoms with E-state index in [2.05, 4.69) is 33.1 Å². The first-order chi connectivity index (χ1) is 5.84. The summed E-state index contributed by atoms with van der Waals surface area (Å²) in [5.41, 5.74) is 1.19. The van der Waals surface area contributed by atoms with Crippen LogP contribution in [-0.2, 0) is 0 Å². The third kappa shape index (κ3) is 2.18. The van der Waals surface area contributed by atoms with Crippen LogP contribution >= 0.6 is 15.9 Å². The van der Waals surface area contributed by atoms with Crippen molar-refractivity contribution < 1.29 is 0 Å². The molecule has 1 aliphatic carbocycles. The Morgan fingerprint density at radius 3 is 2.50 bits per heavy atom. The van der Waals surface area contributed by atoms with Crippen molar-refractivity contribution in [3.8, 4) is 0 Å². The van der Waals surface area contributed by atoms with Crippen LogP contribution in [0.1, 0.15) is 18.4 Å². The largest absolute Gasteiger partial charge is 0.289 e. The third-order valence-electron chi connectivity index (χ3n) is 1.85. The van der Waals surface area contributed by atoms with Gasteiger partial charge in [0.15, 0.2) is 0 Å². The van der Waals surface area contributed by atoms with Crippen LogP contribution < -0.4 is 0 Å². The van der Waals surface area contributed by atoms with E-state index in [-0.39, 0.29) is 0 Å². The second-order valence-electron chi connectivity index (χ2n) is 3.06. The van der Waals surface area contributed by atoms with Crippen LogP contribution in [0.3, 0.4) is 0 Å². The fraction of sp³-hybridized carbons (Fsp3) is 0.300. The predicted molar refractivity (Wildman–Crippen MR) is 54.8 cm³/mol. The standard InChI is InChI=1S/C10H10BrN/c11-9-3-1-8(2-4-9)7-12-10-5-6-10/h1-4,7,10H,5-6H2. The van der Waals surface area contributed by atoms with Gasteiger partial charge in [0.1, 0.15) is 0 Å².